The number of para-hydroxylation sites is 1. The zero-order valence-electron chi connectivity index (χ0n) is 19.5. The molecule has 0 aliphatic carbocycles. The highest BCUT2D eigenvalue weighted by Crippen LogP contribution is 2.22. The van der Waals surface area contributed by atoms with Crippen LogP contribution in [0.15, 0.2) is 41.2 Å². The highest BCUT2D eigenvalue weighted by Gasteiger charge is 2.33. The van der Waals surface area contributed by atoms with Crippen LogP contribution in [0, 0.1) is 5.41 Å². The van der Waals surface area contributed by atoms with E-state index in [1.54, 1.807) is 6.07 Å². The third-order valence-corrected chi connectivity index (χ3v) is 7.11. The molecule has 4 rings (SSSR count). The number of nitrogens with one attached hydrogen (secondary N) is 1. The molecule has 0 spiro atoms. The van der Waals surface area contributed by atoms with Gasteiger partial charge in [-0.2, -0.15) is 0 Å². The Kier molecular flexibility index (Phi) is 7.24. The Labute approximate surface area is 200 Å². The first kappa shape index (κ1) is 23.6. The number of carbonyl (C=O) groups excluding carboxylic acids is 1. The van der Waals surface area contributed by atoms with Crippen LogP contribution in [-0.4, -0.2) is 83.9 Å². The van der Waals surface area contributed by atoms with E-state index in [-0.39, 0.29) is 11.5 Å². The number of hydrogen-bond donors (Lipinski definition) is 1. The highest BCUT2D eigenvalue weighted by molar-refractivity contribution is 6.19. The number of carbonyl (C=O) groups is 1. The molecule has 0 radical (unpaired) electrons. The first-order chi connectivity index (χ1) is 15.9. The number of piperazine rings is 2. The number of H-pyrrole nitrogens is 1. The first-order valence-electron chi connectivity index (χ1n) is 11.6. The molecule has 2 fully saturated rings. The Morgan fingerprint density at radius 1 is 1.00 bits per heavy atom. The van der Waals surface area contributed by atoms with Crippen LogP contribution in [-0.2, 0) is 11.3 Å². The van der Waals surface area contributed by atoms with Gasteiger partial charge < -0.3 is 14.7 Å². The fourth-order valence-corrected chi connectivity index (χ4v) is 4.48. The maximum Gasteiger partial charge on any atom is 0.252 e. The summed E-state index contributed by atoms with van der Waals surface area (Å²) in [4.78, 5) is 41.3. The summed E-state index contributed by atoms with van der Waals surface area (Å²) in [6.07, 6.45) is 0. The molecule has 9 heteroatoms. The van der Waals surface area contributed by atoms with E-state index in [0.717, 1.165) is 31.9 Å². The lowest BCUT2D eigenvalue weighted by Gasteiger charge is -2.38. The van der Waals surface area contributed by atoms with Crippen molar-refractivity contribution < 1.29 is 4.79 Å². The molecule has 0 saturated carbocycles. The monoisotopic (exact) mass is 472 g/mol. The first-order valence-corrected chi connectivity index (χ1v) is 12.1. The number of aromatic amines is 1. The van der Waals surface area contributed by atoms with E-state index in [1.165, 1.54) is 5.69 Å². The van der Waals surface area contributed by atoms with E-state index < -0.39 is 5.41 Å². The molecule has 1 N–H and O–H groups in total. The number of hydrogen-bond acceptors (Lipinski definition) is 6. The van der Waals surface area contributed by atoms with E-state index >= 15 is 0 Å². The van der Waals surface area contributed by atoms with Crippen molar-refractivity contribution in [2.75, 3.05) is 68.0 Å². The van der Waals surface area contributed by atoms with Crippen molar-refractivity contribution >= 4 is 29.1 Å². The van der Waals surface area contributed by atoms with Crippen molar-refractivity contribution in [3.05, 3.63) is 52.4 Å². The molecule has 1 aromatic heterocycles. The molecule has 0 atom stereocenters. The normalized spacial score (nSPS) is 18.0. The lowest BCUT2D eigenvalue weighted by molar-refractivity contribution is -0.139. The van der Waals surface area contributed by atoms with Gasteiger partial charge in [0.15, 0.2) is 0 Å². The Balaban J connectivity index is 1.34. The second-order valence-corrected chi connectivity index (χ2v) is 9.72. The number of benzene rings is 1. The van der Waals surface area contributed by atoms with E-state index in [1.807, 2.05) is 24.8 Å². The van der Waals surface area contributed by atoms with Gasteiger partial charge in [-0.25, -0.2) is 4.98 Å². The SMILES string of the molecule is CC(C)(CCl)C(=O)N1CCN(c2nc(CN3CCN(c4ccccc4)CC3)cc(=O)[nH]2)CC1. The minimum atomic E-state index is -0.569. The molecule has 1 amide bonds. The standard InChI is InChI=1S/C24H33ClN6O2/c1-24(2,18-25)22(33)30-12-14-31(15-13-30)23-26-19(16-21(32)27-23)17-28-8-10-29(11-9-28)20-6-4-3-5-7-20/h3-7,16H,8-15,17-18H2,1-2H3,(H,26,27,32). The van der Waals surface area contributed by atoms with Crippen molar-refractivity contribution in [2.45, 2.75) is 20.4 Å². The molecule has 0 bridgehead atoms. The summed E-state index contributed by atoms with van der Waals surface area (Å²) in [6, 6.07) is 12.1. The highest BCUT2D eigenvalue weighted by atomic mass is 35.5. The van der Waals surface area contributed by atoms with E-state index in [4.69, 9.17) is 16.6 Å². The van der Waals surface area contributed by atoms with Gasteiger partial charge in [0, 0.05) is 76.5 Å². The molecule has 33 heavy (non-hydrogen) atoms. The van der Waals surface area contributed by atoms with Crippen molar-refractivity contribution in [1.82, 2.24) is 19.8 Å². The number of nitrogens with zero attached hydrogens (tertiary/aromatic N) is 5. The van der Waals surface area contributed by atoms with Crippen molar-refractivity contribution in [3.8, 4) is 0 Å². The van der Waals surface area contributed by atoms with Crippen LogP contribution in [0.2, 0.25) is 0 Å². The van der Waals surface area contributed by atoms with Crippen LogP contribution in [0.25, 0.3) is 0 Å². The molecular formula is C24H33ClN6O2. The molecule has 8 nitrogen and oxygen atoms in total. The summed E-state index contributed by atoms with van der Waals surface area (Å²) in [5.41, 5.74) is 1.32. The predicted molar refractivity (Wildman–Crippen MR) is 132 cm³/mol. The van der Waals surface area contributed by atoms with Gasteiger partial charge in [-0.15, -0.1) is 11.6 Å². The van der Waals surface area contributed by atoms with Crippen LogP contribution < -0.4 is 15.4 Å². The number of anilines is 2. The maximum atomic E-state index is 12.7. The quantitative estimate of drug-likeness (QED) is 0.648. The van der Waals surface area contributed by atoms with Crippen molar-refractivity contribution in [2.24, 2.45) is 5.41 Å². The average Bonchev–Trinajstić information content (AvgIpc) is 2.84. The molecule has 0 unspecified atom stereocenters. The second-order valence-electron chi connectivity index (χ2n) is 9.46. The topological polar surface area (TPSA) is 75.8 Å². The van der Waals surface area contributed by atoms with Gasteiger partial charge >= 0.3 is 0 Å². The van der Waals surface area contributed by atoms with Gasteiger partial charge in [0.2, 0.25) is 11.9 Å². The van der Waals surface area contributed by atoms with Crippen LogP contribution in [0.3, 0.4) is 0 Å². The van der Waals surface area contributed by atoms with E-state index in [2.05, 4.69) is 43.9 Å². The van der Waals surface area contributed by atoms with Gasteiger partial charge in [0.05, 0.1) is 11.1 Å². The Morgan fingerprint density at radius 2 is 1.64 bits per heavy atom. The van der Waals surface area contributed by atoms with Crippen LogP contribution in [0.4, 0.5) is 11.6 Å². The zero-order valence-corrected chi connectivity index (χ0v) is 20.2. The fraction of sp³-hybridized carbons (Fsp3) is 0.542. The smallest absolute Gasteiger partial charge is 0.252 e. The van der Waals surface area contributed by atoms with Crippen LogP contribution in [0.1, 0.15) is 19.5 Å². The molecule has 2 aromatic rings. The van der Waals surface area contributed by atoms with E-state index in [9.17, 15) is 9.59 Å². The van der Waals surface area contributed by atoms with Gasteiger partial charge in [0.25, 0.3) is 5.56 Å². The number of rotatable bonds is 6. The largest absolute Gasteiger partial charge is 0.369 e. The van der Waals surface area contributed by atoms with Gasteiger partial charge in [-0.1, -0.05) is 18.2 Å². The van der Waals surface area contributed by atoms with Crippen LogP contribution in [0.5, 0.6) is 0 Å². The lowest BCUT2D eigenvalue weighted by atomic mass is 9.94. The van der Waals surface area contributed by atoms with E-state index in [0.29, 0.717) is 44.6 Å². The summed E-state index contributed by atoms with van der Waals surface area (Å²) in [6.45, 7) is 10.6. The minimum absolute atomic E-state index is 0.0713. The van der Waals surface area contributed by atoms with Gasteiger partial charge in [0.1, 0.15) is 0 Å². The Morgan fingerprint density at radius 3 is 2.27 bits per heavy atom. The van der Waals surface area contributed by atoms with Crippen molar-refractivity contribution in [1.29, 1.82) is 0 Å². The third kappa shape index (κ3) is 5.68. The molecule has 1 aromatic carbocycles. The summed E-state index contributed by atoms with van der Waals surface area (Å²) >= 11 is 5.97. The molecule has 2 aliphatic rings. The lowest BCUT2D eigenvalue weighted by Crippen LogP contribution is -2.53. The van der Waals surface area contributed by atoms with Crippen LogP contribution >= 0.6 is 11.6 Å². The zero-order chi connectivity index (χ0) is 23.4. The van der Waals surface area contributed by atoms with Crippen molar-refractivity contribution in [3.63, 3.8) is 0 Å². The second kappa shape index (κ2) is 10.1. The molecule has 178 valence electrons. The summed E-state index contributed by atoms with van der Waals surface area (Å²) in [5.74, 6) is 0.953. The van der Waals surface area contributed by atoms with Gasteiger partial charge in [-0.05, 0) is 26.0 Å². The minimum Gasteiger partial charge on any atom is -0.369 e. The molecule has 2 aliphatic heterocycles. The molecular weight excluding hydrogens is 440 g/mol. The number of alkyl halides is 1. The third-order valence-electron chi connectivity index (χ3n) is 6.44. The van der Waals surface area contributed by atoms with Gasteiger partial charge in [-0.3, -0.25) is 19.5 Å². The fourth-order valence-electron chi connectivity index (χ4n) is 4.36. The summed E-state index contributed by atoms with van der Waals surface area (Å²) < 4.78 is 0. The maximum absolute atomic E-state index is 12.7. The molecule has 3 heterocycles. The number of amides is 1. The summed E-state index contributed by atoms with van der Waals surface area (Å²) in [7, 11) is 0. The Bertz CT molecular complexity index is 996. The predicted octanol–water partition coefficient (Wildman–Crippen LogP) is 2.01. The Hall–Kier alpha value is -2.58. The number of halogens is 1. The molecule has 2 saturated heterocycles. The average molecular weight is 473 g/mol. The summed E-state index contributed by atoms with van der Waals surface area (Å²) in [5, 5.41) is 0. The number of aromatic nitrogens is 2.